The quantitative estimate of drug-likeness (QED) is 0.872. The number of benzene rings is 1. The summed E-state index contributed by atoms with van der Waals surface area (Å²) in [5, 5.41) is 12.9. The Bertz CT molecular complexity index is 494. The van der Waals surface area contributed by atoms with Crippen molar-refractivity contribution < 1.29 is 9.90 Å². The number of carbonyl (C=O) groups excluding carboxylic acids is 1. The van der Waals surface area contributed by atoms with Gasteiger partial charge in [0.15, 0.2) is 0 Å². The lowest BCUT2D eigenvalue weighted by Gasteiger charge is -2.35. The highest BCUT2D eigenvalue weighted by Crippen LogP contribution is 2.16. The van der Waals surface area contributed by atoms with Gasteiger partial charge in [-0.1, -0.05) is 37.3 Å². The van der Waals surface area contributed by atoms with Crippen LogP contribution in [0.3, 0.4) is 0 Å². The molecule has 0 saturated carbocycles. The van der Waals surface area contributed by atoms with Crippen molar-refractivity contribution in [3.63, 3.8) is 0 Å². The van der Waals surface area contributed by atoms with E-state index in [0.717, 1.165) is 26.1 Å². The van der Waals surface area contributed by atoms with Crippen LogP contribution in [0.1, 0.15) is 25.8 Å². The standard InChI is InChI=1S/C18H29N3O2/c1-14-9-10-21(13-17(14)22)18(23)19-15(2)11-20(3)12-16-7-5-4-6-8-16/h4-8,14-15,17,22H,9-13H2,1-3H3,(H,19,23). The fourth-order valence-electron chi connectivity index (χ4n) is 3.01. The molecule has 5 heteroatoms. The first-order valence-corrected chi connectivity index (χ1v) is 8.41. The van der Waals surface area contributed by atoms with Crippen LogP contribution in [0.2, 0.25) is 0 Å². The second kappa shape index (κ2) is 8.31. The number of aliphatic hydroxyl groups excluding tert-OH is 1. The summed E-state index contributed by atoms with van der Waals surface area (Å²) >= 11 is 0. The number of carbonyl (C=O) groups is 1. The summed E-state index contributed by atoms with van der Waals surface area (Å²) in [5.41, 5.74) is 1.27. The number of rotatable bonds is 5. The monoisotopic (exact) mass is 319 g/mol. The molecule has 23 heavy (non-hydrogen) atoms. The highest BCUT2D eigenvalue weighted by molar-refractivity contribution is 5.74. The molecule has 0 spiro atoms. The zero-order chi connectivity index (χ0) is 16.8. The number of urea groups is 1. The molecule has 2 N–H and O–H groups in total. The van der Waals surface area contributed by atoms with Crippen molar-refractivity contribution in [2.24, 2.45) is 5.92 Å². The van der Waals surface area contributed by atoms with Gasteiger partial charge in [-0.05, 0) is 31.9 Å². The van der Waals surface area contributed by atoms with Crippen LogP contribution in [0.25, 0.3) is 0 Å². The first kappa shape index (κ1) is 17.8. The summed E-state index contributed by atoms with van der Waals surface area (Å²) in [4.78, 5) is 16.2. The first-order chi connectivity index (χ1) is 11.0. The van der Waals surface area contributed by atoms with Crippen LogP contribution in [0.5, 0.6) is 0 Å². The molecule has 0 aliphatic carbocycles. The zero-order valence-electron chi connectivity index (χ0n) is 14.4. The molecular formula is C18H29N3O2. The first-order valence-electron chi connectivity index (χ1n) is 8.41. The fraction of sp³-hybridized carbons (Fsp3) is 0.611. The Balaban J connectivity index is 1.75. The minimum absolute atomic E-state index is 0.0627. The SMILES string of the molecule is CC(CN(C)Cc1ccccc1)NC(=O)N1CCC(C)C(O)C1. The van der Waals surface area contributed by atoms with Crippen molar-refractivity contribution in [3.05, 3.63) is 35.9 Å². The van der Waals surface area contributed by atoms with Gasteiger partial charge in [-0.3, -0.25) is 0 Å². The molecular weight excluding hydrogens is 290 g/mol. The number of piperidine rings is 1. The largest absolute Gasteiger partial charge is 0.391 e. The van der Waals surface area contributed by atoms with Crippen LogP contribution >= 0.6 is 0 Å². The lowest BCUT2D eigenvalue weighted by Crippen LogP contribution is -2.52. The van der Waals surface area contributed by atoms with E-state index in [-0.39, 0.29) is 18.0 Å². The van der Waals surface area contributed by atoms with E-state index >= 15 is 0 Å². The Labute approximate surface area is 139 Å². The molecule has 0 aromatic heterocycles. The summed E-state index contributed by atoms with van der Waals surface area (Å²) in [6, 6.07) is 10.3. The summed E-state index contributed by atoms with van der Waals surface area (Å²) in [6.07, 6.45) is 0.446. The van der Waals surface area contributed by atoms with E-state index in [1.807, 2.05) is 32.0 Å². The Hall–Kier alpha value is -1.59. The molecule has 0 bridgehead atoms. The van der Waals surface area contributed by atoms with Gasteiger partial charge >= 0.3 is 6.03 Å². The minimum Gasteiger partial charge on any atom is -0.391 e. The predicted molar refractivity (Wildman–Crippen MR) is 92.1 cm³/mol. The van der Waals surface area contributed by atoms with Crippen LogP contribution in [0, 0.1) is 5.92 Å². The van der Waals surface area contributed by atoms with Crippen LogP contribution < -0.4 is 5.32 Å². The van der Waals surface area contributed by atoms with Gasteiger partial charge in [0.25, 0.3) is 0 Å². The van der Waals surface area contributed by atoms with E-state index < -0.39 is 6.10 Å². The normalized spacial score (nSPS) is 22.9. The van der Waals surface area contributed by atoms with Gasteiger partial charge in [0.2, 0.25) is 0 Å². The highest BCUT2D eigenvalue weighted by atomic mass is 16.3. The third-order valence-corrected chi connectivity index (χ3v) is 4.46. The van der Waals surface area contributed by atoms with Crippen LogP contribution in [-0.4, -0.2) is 59.8 Å². The number of likely N-dealkylation sites (N-methyl/N-ethyl adjacent to an activating group) is 1. The molecule has 1 saturated heterocycles. The second-order valence-corrected chi connectivity index (χ2v) is 6.81. The number of β-amino-alcohol motifs (C(OH)–C–C–N with tert-alkyl or cyclic N) is 1. The number of nitrogens with one attached hydrogen (secondary N) is 1. The molecule has 1 aliphatic rings. The molecule has 2 rings (SSSR count). The van der Waals surface area contributed by atoms with Crippen LogP contribution in [0.4, 0.5) is 4.79 Å². The smallest absolute Gasteiger partial charge is 0.317 e. The molecule has 5 nitrogen and oxygen atoms in total. The molecule has 2 amide bonds. The van der Waals surface area contributed by atoms with Crippen molar-refractivity contribution in [3.8, 4) is 0 Å². The van der Waals surface area contributed by atoms with Crippen molar-refractivity contribution >= 4 is 6.03 Å². The molecule has 1 fully saturated rings. The highest BCUT2D eigenvalue weighted by Gasteiger charge is 2.27. The Morgan fingerprint density at radius 3 is 2.78 bits per heavy atom. The van der Waals surface area contributed by atoms with Gasteiger partial charge in [0.1, 0.15) is 0 Å². The average molecular weight is 319 g/mol. The number of hydrogen-bond acceptors (Lipinski definition) is 3. The van der Waals surface area contributed by atoms with E-state index in [0.29, 0.717) is 6.54 Å². The zero-order valence-corrected chi connectivity index (χ0v) is 14.4. The van der Waals surface area contributed by atoms with E-state index in [9.17, 15) is 9.90 Å². The number of aliphatic hydroxyl groups is 1. The van der Waals surface area contributed by atoms with Crippen LogP contribution in [0.15, 0.2) is 30.3 Å². The van der Waals surface area contributed by atoms with Crippen molar-refractivity contribution in [1.82, 2.24) is 15.1 Å². The lowest BCUT2D eigenvalue weighted by atomic mass is 9.96. The summed E-state index contributed by atoms with van der Waals surface area (Å²) in [7, 11) is 2.06. The maximum Gasteiger partial charge on any atom is 0.317 e. The van der Waals surface area contributed by atoms with Crippen LogP contribution in [-0.2, 0) is 6.54 Å². The van der Waals surface area contributed by atoms with E-state index in [1.165, 1.54) is 5.56 Å². The number of amides is 2. The van der Waals surface area contributed by atoms with Crippen molar-refractivity contribution in [1.29, 1.82) is 0 Å². The maximum atomic E-state index is 12.3. The van der Waals surface area contributed by atoms with Gasteiger partial charge in [-0.25, -0.2) is 4.79 Å². The van der Waals surface area contributed by atoms with Crippen molar-refractivity contribution in [2.75, 3.05) is 26.7 Å². The van der Waals surface area contributed by atoms with Gasteiger partial charge in [-0.15, -0.1) is 0 Å². The number of likely N-dealkylation sites (tertiary alicyclic amines) is 1. The second-order valence-electron chi connectivity index (χ2n) is 6.81. The Morgan fingerprint density at radius 1 is 1.43 bits per heavy atom. The molecule has 1 heterocycles. The summed E-state index contributed by atoms with van der Waals surface area (Å²) in [5.74, 6) is 0.272. The number of nitrogens with zero attached hydrogens (tertiary/aromatic N) is 2. The molecule has 1 aromatic carbocycles. The van der Waals surface area contributed by atoms with Gasteiger partial charge in [0.05, 0.1) is 6.10 Å². The summed E-state index contributed by atoms with van der Waals surface area (Å²) in [6.45, 7) is 6.84. The molecule has 3 atom stereocenters. The minimum atomic E-state index is -0.412. The predicted octanol–water partition coefficient (Wildman–Crippen LogP) is 1.92. The third kappa shape index (κ3) is 5.52. The summed E-state index contributed by atoms with van der Waals surface area (Å²) < 4.78 is 0. The number of hydrogen-bond donors (Lipinski definition) is 2. The Morgan fingerprint density at radius 2 is 2.13 bits per heavy atom. The molecule has 0 radical (unpaired) electrons. The molecule has 128 valence electrons. The molecule has 1 aromatic rings. The topological polar surface area (TPSA) is 55.8 Å². The van der Waals surface area contributed by atoms with Crippen molar-refractivity contribution in [2.45, 2.75) is 39.0 Å². The lowest BCUT2D eigenvalue weighted by molar-refractivity contribution is 0.0428. The van der Waals surface area contributed by atoms with Gasteiger partial charge in [0, 0.05) is 32.2 Å². The third-order valence-electron chi connectivity index (χ3n) is 4.46. The van der Waals surface area contributed by atoms with E-state index in [2.05, 4.69) is 29.4 Å². The Kier molecular flexibility index (Phi) is 6.42. The van der Waals surface area contributed by atoms with Gasteiger partial charge in [-0.2, -0.15) is 0 Å². The van der Waals surface area contributed by atoms with E-state index in [4.69, 9.17) is 0 Å². The average Bonchev–Trinajstić information content (AvgIpc) is 2.50. The van der Waals surface area contributed by atoms with E-state index in [1.54, 1.807) is 4.90 Å². The maximum absolute atomic E-state index is 12.3. The molecule has 1 aliphatic heterocycles. The van der Waals surface area contributed by atoms with Gasteiger partial charge < -0.3 is 20.2 Å². The fourth-order valence-corrected chi connectivity index (χ4v) is 3.01. The molecule has 3 unspecified atom stereocenters.